The highest BCUT2D eigenvalue weighted by Gasteiger charge is 2.21. The van der Waals surface area contributed by atoms with Gasteiger partial charge in [0.05, 0.1) is 10.6 Å². The molecule has 3 rings (SSSR count). The molecule has 0 aliphatic carbocycles. The molecule has 1 amide bonds. The van der Waals surface area contributed by atoms with Gasteiger partial charge in [0.15, 0.2) is 0 Å². The van der Waals surface area contributed by atoms with Gasteiger partial charge in [-0.05, 0) is 44.7 Å². The lowest BCUT2D eigenvalue weighted by Crippen LogP contribution is -2.45. The Bertz CT molecular complexity index is 818. The van der Waals surface area contributed by atoms with Crippen LogP contribution in [0.5, 0.6) is 0 Å². The van der Waals surface area contributed by atoms with Gasteiger partial charge in [-0.1, -0.05) is 30.2 Å². The fourth-order valence-electron chi connectivity index (χ4n) is 3.42. The van der Waals surface area contributed by atoms with Crippen molar-refractivity contribution in [3.05, 3.63) is 52.7 Å². The Morgan fingerprint density at radius 2 is 1.97 bits per heavy atom. The van der Waals surface area contributed by atoms with Gasteiger partial charge in [-0.15, -0.1) is 0 Å². The van der Waals surface area contributed by atoms with Gasteiger partial charge in [0.1, 0.15) is 5.82 Å². The van der Waals surface area contributed by atoms with Crippen molar-refractivity contribution in [1.29, 1.82) is 0 Å². The molecule has 0 radical (unpaired) electrons. The van der Waals surface area contributed by atoms with E-state index in [1.807, 2.05) is 19.1 Å². The summed E-state index contributed by atoms with van der Waals surface area (Å²) in [5, 5.41) is 7.06. The van der Waals surface area contributed by atoms with Gasteiger partial charge in [0.25, 0.3) is 5.91 Å². The number of hydrogen-bond donors (Lipinski definition) is 2. The first kappa shape index (κ1) is 21.4. The summed E-state index contributed by atoms with van der Waals surface area (Å²) in [6.45, 7) is 8.57. The molecule has 0 spiro atoms. The Labute approximate surface area is 178 Å². The molecular weight excluding hydrogens is 386 g/mol. The van der Waals surface area contributed by atoms with Gasteiger partial charge in [0, 0.05) is 50.6 Å². The molecule has 1 atom stereocenters. The van der Waals surface area contributed by atoms with Crippen molar-refractivity contribution in [1.82, 2.24) is 15.2 Å². The van der Waals surface area contributed by atoms with Crippen LogP contribution in [0, 0.1) is 6.92 Å². The van der Waals surface area contributed by atoms with Crippen molar-refractivity contribution < 1.29 is 4.79 Å². The average molecular weight is 416 g/mol. The molecule has 1 aromatic heterocycles. The summed E-state index contributed by atoms with van der Waals surface area (Å²) in [5.74, 6) is 0.719. The molecule has 2 heterocycles. The molecule has 1 saturated heterocycles. The largest absolute Gasteiger partial charge is 0.368 e. The van der Waals surface area contributed by atoms with Crippen LogP contribution in [0.25, 0.3) is 0 Å². The normalized spacial score (nSPS) is 15.8. The lowest BCUT2D eigenvalue weighted by atomic mass is 10.1. The van der Waals surface area contributed by atoms with Gasteiger partial charge in [-0.25, -0.2) is 4.98 Å². The van der Waals surface area contributed by atoms with Crippen molar-refractivity contribution in [2.75, 3.05) is 50.0 Å². The van der Waals surface area contributed by atoms with Gasteiger partial charge in [-0.2, -0.15) is 0 Å². The zero-order valence-corrected chi connectivity index (χ0v) is 18.2. The van der Waals surface area contributed by atoms with Crippen molar-refractivity contribution in [3.8, 4) is 0 Å². The molecule has 2 N–H and O–H groups in total. The SMILES string of the molecule is CC[C@@H](CNc1ccc(Cl)cn1)NC(=O)c1cc(C)ccc1N1CCN(C)CC1. The molecule has 6 nitrogen and oxygen atoms in total. The summed E-state index contributed by atoms with van der Waals surface area (Å²) < 4.78 is 0. The molecule has 0 saturated carbocycles. The second-order valence-electron chi connectivity index (χ2n) is 7.63. The van der Waals surface area contributed by atoms with E-state index in [9.17, 15) is 4.79 Å². The van der Waals surface area contributed by atoms with E-state index < -0.39 is 0 Å². The third-order valence-electron chi connectivity index (χ3n) is 5.33. The summed E-state index contributed by atoms with van der Waals surface area (Å²) in [6, 6.07) is 9.78. The summed E-state index contributed by atoms with van der Waals surface area (Å²) in [6.07, 6.45) is 2.43. The quantitative estimate of drug-likeness (QED) is 0.725. The zero-order valence-electron chi connectivity index (χ0n) is 17.4. The molecule has 0 bridgehead atoms. The molecular formula is C22H30ClN5O. The van der Waals surface area contributed by atoms with Gasteiger partial charge in [-0.3, -0.25) is 4.79 Å². The van der Waals surface area contributed by atoms with Gasteiger partial charge < -0.3 is 20.4 Å². The minimum atomic E-state index is -0.0275. The van der Waals surface area contributed by atoms with Crippen LogP contribution in [0.2, 0.25) is 5.02 Å². The van der Waals surface area contributed by atoms with E-state index in [2.05, 4.69) is 51.5 Å². The molecule has 156 valence electrons. The van der Waals surface area contributed by atoms with Gasteiger partial charge in [0.2, 0.25) is 0 Å². The van der Waals surface area contributed by atoms with Crippen LogP contribution in [0.4, 0.5) is 11.5 Å². The fraction of sp³-hybridized carbons (Fsp3) is 0.455. The van der Waals surface area contributed by atoms with Crippen LogP contribution in [-0.2, 0) is 0 Å². The number of carbonyl (C=O) groups is 1. The summed E-state index contributed by atoms with van der Waals surface area (Å²) in [7, 11) is 2.13. The lowest BCUT2D eigenvalue weighted by molar-refractivity contribution is 0.0938. The first-order valence-electron chi connectivity index (χ1n) is 10.2. The highest BCUT2D eigenvalue weighted by atomic mass is 35.5. The van der Waals surface area contributed by atoms with Crippen molar-refractivity contribution >= 4 is 29.0 Å². The number of nitrogens with zero attached hydrogens (tertiary/aromatic N) is 3. The Morgan fingerprint density at radius 3 is 2.62 bits per heavy atom. The van der Waals surface area contributed by atoms with Crippen molar-refractivity contribution in [2.24, 2.45) is 0 Å². The standard InChI is InChI=1S/C22H30ClN5O/c1-4-18(15-25-21-8-6-17(23)14-24-21)26-22(29)19-13-16(2)5-7-20(19)28-11-9-27(3)10-12-28/h5-8,13-14,18H,4,9-12,15H2,1-3H3,(H,24,25)(H,26,29)/t18-/m0/s1. The average Bonchev–Trinajstić information content (AvgIpc) is 2.73. The number of amides is 1. The molecule has 1 aliphatic heterocycles. The second-order valence-corrected chi connectivity index (χ2v) is 8.07. The molecule has 1 aliphatic rings. The topological polar surface area (TPSA) is 60.5 Å². The smallest absolute Gasteiger partial charge is 0.253 e. The monoisotopic (exact) mass is 415 g/mol. The van der Waals surface area contributed by atoms with Crippen LogP contribution < -0.4 is 15.5 Å². The number of benzene rings is 1. The number of anilines is 2. The number of piperazine rings is 1. The van der Waals surface area contributed by atoms with E-state index in [-0.39, 0.29) is 11.9 Å². The first-order valence-corrected chi connectivity index (χ1v) is 10.5. The van der Waals surface area contributed by atoms with Crippen LogP contribution in [0.15, 0.2) is 36.5 Å². The zero-order chi connectivity index (χ0) is 20.8. The van der Waals surface area contributed by atoms with E-state index in [4.69, 9.17) is 11.6 Å². The van der Waals surface area contributed by atoms with E-state index in [0.29, 0.717) is 11.6 Å². The summed E-state index contributed by atoms with van der Waals surface area (Å²) >= 11 is 5.88. The Morgan fingerprint density at radius 1 is 1.21 bits per heavy atom. The summed E-state index contributed by atoms with van der Waals surface area (Å²) in [5.41, 5.74) is 2.85. The van der Waals surface area contributed by atoms with Crippen LogP contribution in [0.1, 0.15) is 29.3 Å². The molecule has 1 fully saturated rings. The van der Waals surface area contributed by atoms with E-state index >= 15 is 0 Å². The molecule has 2 aromatic rings. The molecule has 29 heavy (non-hydrogen) atoms. The first-order chi connectivity index (χ1) is 14.0. The number of hydrogen-bond acceptors (Lipinski definition) is 5. The molecule has 0 unspecified atom stereocenters. The maximum Gasteiger partial charge on any atom is 0.253 e. The number of aryl methyl sites for hydroxylation is 1. The number of nitrogens with one attached hydrogen (secondary N) is 2. The highest BCUT2D eigenvalue weighted by molar-refractivity contribution is 6.30. The summed E-state index contributed by atoms with van der Waals surface area (Å²) in [4.78, 5) is 22.0. The van der Waals surface area contributed by atoms with E-state index in [1.165, 1.54) is 0 Å². The molecule has 1 aromatic carbocycles. The number of likely N-dealkylation sites (N-methyl/N-ethyl adjacent to an activating group) is 1. The Balaban J connectivity index is 1.68. The maximum absolute atomic E-state index is 13.1. The number of pyridine rings is 1. The Kier molecular flexibility index (Phi) is 7.34. The number of rotatable bonds is 7. The minimum Gasteiger partial charge on any atom is -0.368 e. The minimum absolute atomic E-state index is 0.000768. The fourth-order valence-corrected chi connectivity index (χ4v) is 3.54. The van der Waals surface area contributed by atoms with Crippen molar-refractivity contribution in [2.45, 2.75) is 26.3 Å². The number of halogens is 1. The number of carbonyl (C=O) groups excluding carboxylic acids is 1. The van der Waals surface area contributed by atoms with Crippen LogP contribution >= 0.6 is 11.6 Å². The maximum atomic E-state index is 13.1. The number of aromatic nitrogens is 1. The van der Waals surface area contributed by atoms with E-state index in [1.54, 1.807) is 12.3 Å². The van der Waals surface area contributed by atoms with Crippen LogP contribution in [-0.4, -0.2) is 61.6 Å². The molecule has 7 heteroatoms. The van der Waals surface area contributed by atoms with E-state index in [0.717, 1.165) is 55.2 Å². The third-order valence-corrected chi connectivity index (χ3v) is 5.55. The predicted octanol–water partition coefficient (Wildman–Crippen LogP) is 3.42. The highest BCUT2D eigenvalue weighted by Crippen LogP contribution is 2.23. The second kappa shape index (κ2) is 9.94. The third kappa shape index (κ3) is 5.84. The van der Waals surface area contributed by atoms with Crippen molar-refractivity contribution in [3.63, 3.8) is 0 Å². The van der Waals surface area contributed by atoms with Gasteiger partial charge >= 0.3 is 0 Å². The predicted molar refractivity (Wildman–Crippen MR) is 120 cm³/mol. The lowest BCUT2D eigenvalue weighted by Gasteiger charge is -2.35. The Hall–Kier alpha value is -2.31. The van der Waals surface area contributed by atoms with Crippen LogP contribution in [0.3, 0.4) is 0 Å².